The molecular weight excluding hydrogens is 405 g/mol. The van der Waals surface area contributed by atoms with Crippen LogP contribution in [0.2, 0.25) is 0 Å². The fraction of sp³-hybridized carbons (Fsp3) is 0.280. The highest BCUT2D eigenvalue weighted by molar-refractivity contribution is 6.07. The quantitative estimate of drug-likeness (QED) is 0.475. The average Bonchev–Trinajstić information content (AvgIpc) is 3.27. The van der Waals surface area contributed by atoms with Gasteiger partial charge in [0.05, 0.1) is 17.7 Å². The Bertz CT molecular complexity index is 1400. The van der Waals surface area contributed by atoms with Gasteiger partial charge in [0.2, 0.25) is 0 Å². The minimum atomic E-state index is -0.342. The zero-order valence-corrected chi connectivity index (χ0v) is 17.9. The van der Waals surface area contributed by atoms with Crippen LogP contribution >= 0.6 is 0 Å². The van der Waals surface area contributed by atoms with E-state index in [9.17, 15) is 4.39 Å². The van der Waals surface area contributed by atoms with Crippen LogP contribution in [0.15, 0.2) is 48.4 Å². The fourth-order valence-electron chi connectivity index (χ4n) is 4.96. The third-order valence-electron chi connectivity index (χ3n) is 6.49. The number of nitrogens with two attached hydrogens (primary N) is 1. The molecule has 32 heavy (non-hydrogen) atoms. The number of anilines is 1. The van der Waals surface area contributed by atoms with Crippen molar-refractivity contribution in [3.63, 3.8) is 0 Å². The van der Waals surface area contributed by atoms with Crippen LogP contribution in [0.25, 0.3) is 27.4 Å². The van der Waals surface area contributed by atoms with Crippen LogP contribution in [0, 0.1) is 12.7 Å². The van der Waals surface area contributed by atoms with Gasteiger partial charge in [0, 0.05) is 46.6 Å². The lowest BCUT2D eigenvalue weighted by atomic mass is 9.88. The molecule has 6 nitrogen and oxygen atoms in total. The van der Waals surface area contributed by atoms with E-state index in [-0.39, 0.29) is 12.0 Å². The van der Waals surface area contributed by atoms with Gasteiger partial charge in [-0.05, 0) is 61.6 Å². The molecular formula is C25H24FN5O. The second-order valence-corrected chi connectivity index (χ2v) is 8.56. The highest BCUT2D eigenvalue weighted by Gasteiger charge is 2.26. The number of hydrogen-bond donors (Lipinski definition) is 2. The number of ether oxygens (including phenoxy) is 1. The first-order valence-electron chi connectivity index (χ1n) is 11.0. The molecule has 6 rings (SSSR count). The van der Waals surface area contributed by atoms with Gasteiger partial charge in [-0.15, -0.1) is 0 Å². The van der Waals surface area contributed by atoms with Crippen LogP contribution in [0.5, 0.6) is 0 Å². The van der Waals surface area contributed by atoms with Crippen LogP contribution in [-0.2, 0) is 4.74 Å². The fourth-order valence-corrected chi connectivity index (χ4v) is 4.96. The van der Waals surface area contributed by atoms with Crippen molar-refractivity contribution in [2.75, 3.05) is 18.5 Å². The minimum Gasteiger partial charge on any atom is -0.400 e. The molecule has 0 amide bonds. The van der Waals surface area contributed by atoms with Crippen LogP contribution < -0.4 is 11.1 Å². The second kappa shape index (κ2) is 7.31. The van der Waals surface area contributed by atoms with E-state index >= 15 is 0 Å². The van der Waals surface area contributed by atoms with E-state index in [0.29, 0.717) is 18.7 Å². The number of halogens is 1. The Hall–Kier alpha value is -3.45. The summed E-state index contributed by atoms with van der Waals surface area (Å²) in [6, 6.07) is 9.41. The Morgan fingerprint density at radius 1 is 1.16 bits per heavy atom. The topological polar surface area (TPSA) is 78.0 Å². The Morgan fingerprint density at radius 2 is 2.06 bits per heavy atom. The zero-order chi connectivity index (χ0) is 21.8. The predicted octanol–water partition coefficient (Wildman–Crippen LogP) is 4.87. The molecule has 7 heteroatoms. The van der Waals surface area contributed by atoms with Gasteiger partial charge in [0.25, 0.3) is 0 Å². The predicted molar refractivity (Wildman–Crippen MR) is 124 cm³/mol. The standard InChI is InChI=1S/C25H24FN5O/c1-14-11-17-22(20(27)12-29-24(17)16-5-4-9-28-23(14)16)15-7-8-19(26)25-18(15)13-31(30-25)21-6-2-3-10-32-21/h4-5,7-9,11,13,21,29H,2-3,6,10,12,27H2,1H3. The summed E-state index contributed by atoms with van der Waals surface area (Å²) in [5.74, 6) is -0.342. The SMILES string of the molecule is Cc1cc2c(c3cccnc13)NCC(N)=C2c1ccc(F)c2nn(C3CCCCO3)cc12. The van der Waals surface area contributed by atoms with Crippen molar-refractivity contribution in [2.45, 2.75) is 32.4 Å². The number of fused-ring (bicyclic) bond motifs is 4. The second-order valence-electron chi connectivity index (χ2n) is 8.56. The smallest absolute Gasteiger partial charge is 0.151 e. The van der Waals surface area contributed by atoms with E-state index < -0.39 is 0 Å². The van der Waals surface area contributed by atoms with Crippen molar-refractivity contribution in [3.05, 3.63) is 70.9 Å². The molecule has 0 bridgehead atoms. The number of nitrogens with one attached hydrogen (secondary N) is 1. The van der Waals surface area contributed by atoms with Crippen molar-refractivity contribution >= 4 is 33.1 Å². The third kappa shape index (κ3) is 2.88. The number of aryl methyl sites for hydroxylation is 1. The molecule has 3 N–H and O–H groups in total. The summed E-state index contributed by atoms with van der Waals surface area (Å²) in [5, 5.41) is 9.83. The number of benzene rings is 2. The lowest BCUT2D eigenvalue weighted by Crippen LogP contribution is -2.20. The molecule has 0 radical (unpaired) electrons. The van der Waals surface area contributed by atoms with Crippen molar-refractivity contribution in [2.24, 2.45) is 5.73 Å². The minimum absolute atomic E-state index is 0.160. The molecule has 2 aromatic carbocycles. The van der Waals surface area contributed by atoms with Gasteiger partial charge >= 0.3 is 0 Å². The molecule has 0 aliphatic carbocycles. The summed E-state index contributed by atoms with van der Waals surface area (Å²) in [7, 11) is 0. The first-order chi connectivity index (χ1) is 15.6. The molecule has 4 aromatic rings. The summed E-state index contributed by atoms with van der Waals surface area (Å²) in [6.07, 6.45) is 6.55. The Balaban J connectivity index is 1.58. The van der Waals surface area contributed by atoms with Gasteiger partial charge in [-0.3, -0.25) is 4.98 Å². The summed E-state index contributed by atoms with van der Waals surface area (Å²) in [5.41, 5.74) is 13.4. The molecule has 0 saturated carbocycles. The molecule has 1 fully saturated rings. The van der Waals surface area contributed by atoms with Crippen molar-refractivity contribution in [1.29, 1.82) is 0 Å². The maximum absolute atomic E-state index is 14.8. The maximum Gasteiger partial charge on any atom is 0.151 e. The summed E-state index contributed by atoms with van der Waals surface area (Å²) in [6.45, 7) is 3.26. The molecule has 1 saturated heterocycles. The highest BCUT2D eigenvalue weighted by atomic mass is 19.1. The lowest BCUT2D eigenvalue weighted by molar-refractivity contribution is -0.0391. The highest BCUT2D eigenvalue weighted by Crippen LogP contribution is 2.42. The van der Waals surface area contributed by atoms with Gasteiger partial charge < -0.3 is 15.8 Å². The van der Waals surface area contributed by atoms with Gasteiger partial charge in [-0.1, -0.05) is 6.07 Å². The zero-order valence-electron chi connectivity index (χ0n) is 17.9. The maximum atomic E-state index is 14.8. The van der Waals surface area contributed by atoms with Crippen molar-refractivity contribution in [1.82, 2.24) is 14.8 Å². The monoisotopic (exact) mass is 429 g/mol. The van der Waals surface area contributed by atoms with Crippen LogP contribution in [-0.4, -0.2) is 27.9 Å². The number of rotatable bonds is 2. The van der Waals surface area contributed by atoms with E-state index in [1.54, 1.807) is 10.9 Å². The largest absolute Gasteiger partial charge is 0.400 e. The number of nitrogens with zero attached hydrogens (tertiary/aromatic N) is 3. The van der Waals surface area contributed by atoms with E-state index in [2.05, 4.69) is 34.5 Å². The van der Waals surface area contributed by atoms with Gasteiger partial charge in [-0.25, -0.2) is 9.07 Å². The first-order valence-corrected chi connectivity index (χ1v) is 11.0. The summed E-state index contributed by atoms with van der Waals surface area (Å²) < 4.78 is 22.4. The molecule has 0 spiro atoms. The Morgan fingerprint density at radius 3 is 2.91 bits per heavy atom. The van der Waals surface area contributed by atoms with E-state index in [1.165, 1.54) is 6.07 Å². The average molecular weight is 429 g/mol. The van der Waals surface area contributed by atoms with Gasteiger partial charge in [-0.2, -0.15) is 5.10 Å². The Labute approximate surface area is 184 Å². The van der Waals surface area contributed by atoms with Crippen LogP contribution in [0.1, 0.15) is 42.2 Å². The Kier molecular flexibility index (Phi) is 4.40. The molecule has 1 atom stereocenters. The van der Waals surface area contributed by atoms with Gasteiger partial charge in [0.15, 0.2) is 5.82 Å². The molecule has 2 aromatic heterocycles. The molecule has 2 aliphatic rings. The summed E-state index contributed by atoms with van der Waals surface area (Å²) >= 11 is 0. The van der Waals surface area contributed by atoms with E-state index in [4.69, 9.17) is 10.5 Å². The first kappa shape index (κ1) is 19.3. The number of pyridine rings is 1. The molecule has 162 valence electrons. The molecule has 4 heterocycles. The molecule has 1 unspecified atom stereocenters. The van der Waals surface area contributed by atoms with Crippen molar-refractivity contribution in [3.8, 4) is 0 Å². The van der Waals surface area contributed by atoms with Crippen LogP contribution in [0.4, 0.5) is 10.1 Å². The van der Waals surface area contributed by atoms with Gasteiger partial charge in [0.1, 0.15) is 11.7 Å². The lowest BCUT2D eigenvalue weighted by Gasteiger charge is -2.25. The normalized spacial score (nSPS) is 18.8. The van der Waals surface area contributed by atoms with Crippen LogP contribution in [0.3, 0.4) is 0 Å². The van der Waals surface area contributed by atoms with E-state index in [1.807, 2.05) is 18.3 Å². The number of hydrogen-bond acceptors (Lipinski definition) is 5. The van der Waals surface area contributed by atoms with Crippen molar-refractivity contribution < 1.29 is 9.13 Å². The third-order valence-corrected chi connectivity index (χ3v) is 6.49. The summed E-state index contributed by atoms with van der Waals surface area (Å²) in [4.78, 5) is 4.56. The molecule has 2 aliphatic heterocycles. The van der Waals surface area contributed by atoms with E-state index in [0.717, 1.165) is 69.2 Å². The number of aromatic nitrogens is 3.